The van der Waals surface area contributed by atoms with Gasteiger partial charge in [0.05, 0.1) is 6.10 Å². The maximum absolute atomic E-state index is 10.7. The largest absolute Gasteiger partial charge is 0.511 e. The third-order valence-corrected chi connectivity index (χ3v) is 4.58. The van der Waals surface area contributed by atoms with Gasteiger partial charge in [0, 0.05) is 5.41 Å². The van der Waals surface area contributed by atoms with Crippen LogP contribution in [0.4, 0.5) is 4.79 Å². The minimum Gasteiger partial charge on any atom is -0.449 e. The third kappa shape index (κ3) is 4.11. The molecule has 1 N–H and O–H groups in total. The lowest BCUT2D eigenvalue weighted by Crippen LogP contribution is -2.41. The first kappa shape index (κ1) is 17.0. The van der Waals surface area contributed by atoms with E-state index in [0.717, 1.165) is 12.8 Å². The molecule has 124 valence electrons. The molecule has 5 heteroatoms. The lowest BCUT2D eigenvalue weighted by atomic mass is 9.65. The van der Waals surface area contributed by atoms with E-state index in [1.165, 1.54) is 19.3 Å². The molecular weight excluding hydrogens is 284 g/mol. The van der Waals surface area contributed by atoms with Crippen LogP contribution in [0.2, 0.25) is 0 Å². The van der Waals surface area contributed by atoms with Crippen LogP contribution in [0.5, 0.6) is 0 Å². The Labute approximate surface area is 131 Å². The van der Waals surface area contributed by atoms with E-state index in [1.54, 1.807) is 12.2 Å². The van der Waals surface area contributed by atoms with Crippen molar-refractivity contribution in [2.24, 2.45) is 11.3 Å². The summed E-state index contributed by atoms with van der Waals surface area (Å²) in [6.07, 6.45) is 9.81. The van der Waals surface area contributed by atoms with E-state index in [9.17, 15) is 4.79 Å². The Kier molecular flexibility index (Phi) is 5.64. The predicted octanol–water partition coefficient (Wildman–Crippen LogP) is 4.45. The number of allylic oxidation sites excluding steroid dienone is 1. The SMILES string of the molecule is CC(C)OOC1C=C(OC(=O)O)C=CC1(C)C1CCCCC1. The van der Waals surface area contributed by atoms with Crippen LogP contribution >= 0.6 is 0 Å². The summed E-state index contributed by atoms with van der Waals surface area (Å²) in [6.45, 7) is 5.95. The van der Waals surface area contributed by atoms with Crippen LogP contribution in [-0.4, -0.2) is 23.5 Å². The molecule has 5 nitrogen and oxygen atoms in total. The third-order valence-electron chi connectivity index (χ3n) is 4.58. The van der Waals surface area contributed by atoms with Crippen LogP contribution in [0, 0.1) is 11.3 Å². The van der Waals surface area contributed by atoms with Gasteiger partial charge < -0.3 is 9.84 Å². The molecule has 0 spiro atoms. The highest BCUT2D eigenvalue weighted by Gasteiger charge is 2.42. The van der Waals surface area contributed by atoms with Crippen molar-refractivity contribution in [1.82, 2.24) is 0 Å². The first-order valence-electron chi connectivity index (χ1n) is 8.06. The van der Waals surface area contributed by atoms with Crippen molar-refractivity contribution < 1.29 is 24.4 Å². The van der Waals surface area contributed by atoms with Crippen LogP contribution in [0.1, 0.15) is 52.9 Å². The van der Waals surface area contributed by atoms with Crippen molar-refractivity contribution in [1.29, 1.82) is 0 Å². The molecule has 0 saturated heterocycles. The summed E-state index contributed by atoms with van der Waals surface area (Å²) >= 11 is 0. The van der Waals surface area contributed by atoms with Gasteiger partial charge in [0.1, 0.15) is 11.9 Å². The van der Waals surface area contributed by atoms with Crippen molar-refractivity contribution in [3.8, 4) is 0 Å². The smallest absolute Gasteiger partial charge is 0.449 e. The quantitative estimate of drug-likeness (QED) is 0.462. The molecule has 0 radical (unpaired) electrons. The minimum atomic E-state index is -1.32. The van der Waals surface area contributed by atoms with E-state index in [4.69, 9.17) is 19.6 Å². The van der Waals surface area contributed by atoms with Gasteiger partial charge in [0.2, 0.25) is 0 Å². The van der Waals surface area contributed by atoms with Gasteiger partial charge in [-0.3, -0.25) is 0 Å². The van der Waals surface area contributed by atoms with Crippen LogP contribution in [0.25, 0.3) is 0 Å². The maximum atomic E-state index is 10.7. The molecule has 0 aromatic rings. The topological polar surface area (TPSA) is 65.0 Å². The molecule has 22 heavy (non-hydrogen) atoms. The van der Waals surface area contributed by atoms with Gasteiger partial charge in [-0.05, 0) is 44.8 Å². The second-order valence-electron chi connectivity index (χ2n) is 6.63. The summed E-state index contributed by atoms with van der Waals surface area (Å²) in [7, 11) is 0. The zero-order valence-corrected chi connectivity index (χ0v) is 13.6. The molecule has 2 aliphatic carbocycles. The second kappa shape index (κ2) is 7.29. The van der Waals surface area contributed by atoms with Crippen molar-refractivity contribution in [2.75, 3.05) is 0 Å². The fourth-order valence-electron chi connectivity index (χ4n) is 3.31. The van der Waals surface area contributed by atoms with Crippen LogP contribution < -0.4 is 0 Å². The molecular formula is C17H26O5. The minimum absolute atomic E-state index is 0.0567. The molecule has 0 aromatic heterocycles. The molecule has 0 amide bonds. The van der Waals surface area contributed by atoms with E-state index in [0.29, 0.717) is 5.92 Å². The Morgan fingerprint density at radius 1 is 1.32 bits per heavy atom. The lowest BCUT2D eigenvalue weighted by molar-refractivity contribution is -0.351. The van der Waals surface area contributed by atoms with Crippen LogP contribution in [-0.2, 0) is 14.5 Å². The fraction of sp³-hybridized carbons (Fsp3) is 0.706. The highest BCUT2D eigenvalue weighted by atomic mass is 17.2. The van der Waals surface area contributed by atoms with Gasteiger partial charge in [-0.1, -0.05) is 32.3 Å². The molecule has 1 saturated carbocycles. The molecule has 0 bridgehead atoms. The maximum Gasteiger partial charge on any atom is 0.511 e. The number of hydrogen-bond donors (Lipinski definition) is 1. The fourth-order valence-corrected chi connectivity index (χ4v) is 3.31. The Morgan fingerprint density at radius 2 is 2.00 bits per heavy atom. The summed E-state index contributed by atoms with van der Waals surface area (Å²) < 4.78 is 4.76. The van der Waals surface area contributed by atoms with E-state index < -0.39 is 6.16 Å². The van der Waals surface area contributed by atoms with Crippen LogP contribution in [0.15, 0.2) is 24.0 Å². The molecule has 1 fully saturated rings. The summed E-state index contributed by atoms with van der Waals surface area (Å²) in [6, 6.07) is 0. The predicted molar refractivity (Wildman–Crippen MR) is 82.1 cm³/mol. The Morgan fingerprint density at radius 3 is 2.59 bits per heavy atom. The number of carboxylic acid groups (broad SMARTS) is 1. The highest BCUT2D eigenvalue weighted by Crippen LogP contribution is 2.45. The number of rotatable bonds is 5. The van der Waals surface area contributed by atoms with E-state index in [-0.39, 0.29) is 23.4 Å². The zero-order chi connectivity index (χ0) is 16.2. The number of ether oxygens (including phenoxy) is 1. The molecule has 0 heterocycles. The van der Waals surface area contributed by atoms with Crippen molar-refractivity contribution >= 4 is 6.16 Å². The van der Waals surface area contributed by atoms with Gasteiger partial charge in [-0.25, -0.2) is 14.6 Å². The van der Waals surface area contributed by atoms with Gasteiger partial charge in [-0.2, -0.15) is 0 Å². The molecule has 2 unspecified atom stereocenters. The van der Waals surface area contributed by atoms with E-state index in [1.807, 2.05) is 19.9 Å². The Balaban J connectivity index is 2.17. The van der Waals surface area contributed by atoms with E-state index in [2.05, 4.69) is 6.92 Å². The van der Waals surface area contributed by atoms with Crippen molar-refractivity contribution in [3.63, 3.8) is 0 Å². The summed E-state index contributed by atoms with van der Waals surface area (Å²) in [5.74, 6) is 0.791. The first-order chi connectivity index (χ1) is 10.4. The second-order valence-corrected chi connectivity index (χ2v) is 6.63. The molecule has 2 rings (SSSR count). The van der Waals surface area contributed by atoms with Gasteiger partial charge in [0.25, 0.3) is 0 Å². The monoisotopic (exact) mass is 310 g/mol. The van der Waals surface area contributed by atoms with Crippen LogP contribution in [0.3, 0.4) is 0 Å². The zero-order valence-electron chi connectivity index (χ0n) is 13.6. The summed E-state index contributed by atoms with van der Waals surface area (Å²) in [5, 5.41) is 8.78. The van der Waals surface area contributed by atoms with Crippen molar-refractivity contribution in [2.45, 2.75) is 65.1 Å². The van der Waals surface area contributed by atoms with Gasteiger partial charge in [0.15, 0.2) is 0 Å². The molecule has 0 aliphatic heterocycles. The Hall–Kier alpha value is -1.33. The summed E-state index contributed by atoms with van der Waals surface area (Å²) in [4.78, 5) is 21.7. The molecule has 0 aromatic carbocycles. The average Bonchev–Trinajstić information content (AvgIpc) is 2.48. The highest BCUT2D eigenvalue weighted by molar-refractivity contribution is 5.59. The number of hydrogen-bond acceptors (Lipinski definition) is 4. The summed E-state index contributed by atoms with van der Waals surface area (Å²) in [5.41, 5.74) is -0.208. The number of carbonyl (C=O) groups is 1. The Bertz CT molecular complexity index is 448. The van der Waals surface area contributed by atoms with E-state index >= 15 is 0 Å². The standard InChI is InChI=1S/C17H26O5/c1-12(2)21-22-15-11-14(20-16(18)19)9-10-17(15,3)13-7-5-4-6-8-13/h9-13,15H,4-8H2,1-3H3,(H,18,19). The van der Waals surface area contributed by atoms with Gasteiger partial charge in [-0.15, -0.1) is 0 Å². The first-order valence-corrected chi connectivity index (χ1v) is 8.06. The molecule has 2 aliphatic rings. The van der Waals surface area contributed by atoms with Gasteiger partial charge >= 0.3 is 6.16 Å². The molecule has 2 atom stereocenters. The average molecular weight is 310 g/mol. The lowest BCUT2D eigenvalue weighted by Gasteiger charge is -2.43. The normalized spacial score (nSPS) is 29.5. The van der Waals surface area contributed by atoms with Crippen molar-refractivity contribution in [3.05, 3.63) is 24.0 Å².